The first-order valence-corrected chi connectivity index (χ1v) is 12.4. The molecule has 166 valence electrons. The van der Waals surface area contributed by atoms with Crippen LogP contribution in [0.5, 0.6) is 0 Å². The molecule has 0 atom stereocenters. The molecule has 0 bridgehead atoms. The molecule has 1 amide bonds. The highest BCUT2D eigenvalue weighted by Crippen LogP contribution is 2.27. The molecule has 0 spiro atoms. The number of thioether (sulfide) groups is 1. The van der Waals surface area contributed by atoms with E-state index in [-0.39, 0.29) is 28.3 Å². The van der Waals surface area contributed by atoms with E-state index in [4.69, 9.17) is 0 Å². The molecule has 0 heterocycles. The number of nitro benzene ring substituents is 1. The van der Waals surface area contributed by atoms with Gasteiger partial charge in [-0.1, -0.05) is 19.3 Å². The van der Waals surface area contributed by atoms with Gasteiger partial charge in [-0.3, -0.25) is 14.9 Å². The number of sulfonamides is 1. The first-order valence-electron chi connectivity index (χ1n) is 10.0. The van der Waals surface area contributed by atoms with Crippen LogP contribution >= 0.6 is 11.8 Å². The Hall–Kier alpha value is -2.43. The maximum absolute atomic E-state index is 12.9. The van der Waals surface area contributed by atoms with Crippen LogP contribution in [0.3, 0.4) is 0 Å². The van der Waals surface area contributed by atoms with Gasteiger partial charge in [-0.25, -0.2) is 8.42 Å². The predicted octanol–water partition coefficient (Wildman–Crippen LogP) is 4.28. The van der Waals surface area contributed by atoms with Crippen LogP contribution in [-0.4, -0.2) is 42.4 Å². The zero-order valence-corrected chi connectivity index (χ0v) is 18.8. The van der Waals surface area contributed by atoms with Gasteiger partial charge in [-0.05, 0) is 49.2 Å². The summed E-state index contributed by atoms with van der Waals surface area (Å²) in [4.78, 5) is 23.3. The van der Waals surface area contributed by atoms with Crippen molar-refractivity contribution in [2.24, 2.45) is 0 Å². The second-order valence-corrected chi connectivity index (χ2v) is 10.5. The summed E-state index contributed by atoms with van der Waals surface area (Å²) in [7, 11) is -1.94. The molecule has 31 heavy (non-hydrogen) atoms. The number of amides is 1. The summed E-state index contributed by atoms with van der Waals surface area (Å²) in [6, 6.07) is 12.2. The number of nitrogens with one attached hydrogen (secondary N) is 1. The van der Waals surface area contributed by atoms with Gasteiger partial charge in [0.1, 0.15) is 0 Å². The number of anilines is 1. The Balaban J connectivity index is 1.55. The van der Waals surface area contributed by atoms with Crippen molar-refractivity contribution in [1.82, 2.24) is 4.31 Å². The van der Waals surface area contributed by atoms with Crippen molar-refractivity contribution in [2.75, 3.05) is 18.1 Å². The zero-order valence-electron chi connectivity index (χ0n) is 17.2. The molecule has 1 N–H and O–H groups in total. The van der Waals surface area contributed by atoms with Crippen molar-refractivity contribution in [2.45, 2.75) is 47.9 Å². The molecule has 1 fully saturated rings. The van der Waals surface area contributed by atoms with E-state index in [9.17, 15) is 23.3 Å². The number of carbonyl (C=O) groups is 1. The largest absolute Gasteiger partial charge is 0.325 e. The minimum atomic E-state index is -3.57. The maximum Gasteiger partial charge on any atom is 0.269 e. The number of non-ortho nitro benzene ring substituents is 1. The van der Waals surface area contributed by atoms with E-state index in [0.717, 1.165) is 37.0 Å². The average Bonchev–Trinajstić information content (AvgIpc) is 2.78. The molecular weight excluding hydrogens is 438 g/mol. The van der Waals surface area contributed by atoms with Crippen LogP contribution in [0.4, 0.5) is 11.4 Å². The molecule has 2 aromatic rings. The van der Waals surface area contributed by atoms with E-state index >= 15 is 0 Å². The van der Waals surface area contributed by atoms with Crippen molar-refractivity contribution >= 4 is 39.1 Å². The van der Waals surface area contributed by atoms with Crippen LogP contribution in [0.2, 0.25) is 0 Å². The number of nitro groups is 1. The highest BCUT2D eigenvalue weighted by Gasteiger charge is 2.28. The lowest BCUT2D eigenvalue weighted by atomic mass is 9.96. The number of hydrogen-bond acceptors (Lipinski definition) is 6. The quantitative estimate of drug-likeness (QED) is 0.355. The summed E-state index contributed by atoms with van der Waals surface area (Å²) in [6.07, 6.45) is 5.02. The van der Waals surface area contributed by atoms with Gasteiger partial charge in [0.2, 0.25) is 15.9 Å². The van der Waals surface area contributed by atoms with Crippen molar-refractivity contribution in [3.05, 3.63) is 58.6 Å². The summed E-state index contributed by atoms with van der Waals surface area (Å²) in [5.41, 5.74) is 0.506. The lowest BCUT2D eigenvalue weighted by molar-refractivity contribution is -0.384. The van der Waals surface area contributed by atoms with Crippen molar-refractivity contribution < 1.29 is 18.1 Å². The molecule has 0 radical (unpaired) electrons. The SMILES string of the molecule is CN(C1CCCCC1)S(=O)(=O)c1ccc(NC(=O)CSc2ccc([N+](=O)[O-])cc2)cc1. The second-order valence-electron chi connectivity index (χ2n) is 7.43. The summed E-state index contributed by atoms with van der Waals surface area (Å²) < 4.78 is 27.2. The first-order chi connectivity index (χ1) is 14.8. The van der Waals surface area contributed by atoms with Crippen LogP contribution in [0.15, 0.2) is 58.3 Å². The lowest BCUT2D eigenvalue weighted by Crippen LogP contribution is -2.38. The molecule has 0 unspecified atom stereocenters. The van der Waals surface area contributed by atoms with Gasteiger partial charge in [0.05, 0.1) is 15.6 Å². The van der Waals surface area contributed by atoms with Crippen molar-refractivity contribution in [3.63, 3.8) is 0 Å². The Bertz CT molecular complexity index is 1020. The van der Waals surface area contributed by atoms with E-state index in [1.54, 1.807) is 31.3 Å². The molecular formula is C21H25N3O5S2. The molecule has 8 nitrogen and oxygen atoms in total. The van der Waals surface area contributed by atoms with Gasteiger partial charge in [0.15, 0.2) is 0 Å². The van der Waals surface area contributed by atoms with Crippen molar-refractivity contribution in [1.29, 1.82) is 0 Å². The predicted molar refractivity (Wildman–Crippen MR) is 121 cm³/mol. The van der Waals surface area contributed by atoms with Crippen LogP contribution in [0, 0.1) is 10.1 Å². The minimum Gasteiger partial charge on any atom is -0.325 e. The Labute approximate surface area is 186 Å². The van der Waals surface area contributed by atoms with E-state index in [0.29, 0.717) is 5.69 Å². The molecule has 1 saturated carbocycles. The zero-order chi connectivity index (χ0) is 22.4. The third-order valence-electron chi connectivity index (χ3n) is 5.32. The lowest BCUT2D eigenvalue weighted by Gasteiger charge is -2.30. The molecule has 1 aliphatic carbocycles. The fourth-order valence-corrected chi connectivity index (χ4v) is 5.64. The minimum absolute atomic E-state index is 0.00187. The maximum atomic E-state index is 12.9. The number of carbonyl (C=O) groups excluding carboxylic acids is 1. The molecule has 0 aromatic heterocycles. The molecule has 1 aliphatic rings. The van der Waals surface area contributed by atoms with Gasteiger partial charge >= 0.3 is 0 Å². The Kier molecular flexibility index (Phi) is 7.69. The van der Waals surface area contributed by atoms with Crippen LogP contribution in [0.25, 0.3) is 0 Å². The highest BCUT2D eigenvalue weighted by atomic mass is 32.2. The van der Waals surface area contributed by atoms with Gasteiger partial charge in [0.25, 0.3) is 5.69 Å². The number of benzene rings is 2. The summed E-state index contributed by atoms with van der Waals surface area (Å²) in [5.74, 6) is -0.124. The monoisotopic (exact) mass is 463 g/mol. The topological polar surface area (TPSA) is 110 Å². The number of hydrogen-bond donors (Lipinski definition) is 1. The van der Waals surface area contributed by atoms with Crippen LogP contribution < -0.4 is 5.32 Å². The molecule has 0 saturated heterocycles. The van der Waals surface area contributed by atoms with Crippen molar-refractivity contribution in [3.8, 4) is 0 Å². The van der Waals surface area contributed by atoms with Gasteiger partial charge in [-0.15, -0.1) is 11.8 Å². The van der Waals surface area contributed by atoms with E-state index in [1.165, 1.54) is 40.3 Å². The highest BCUT2D eigenvalue weighted by molar-refractivity contribution is 8.00. The average molecular weight is 464 g/mol. The molecule has 2 aromatic carbocycles. The fourth-order valence-electron chi connectivity index (χ4n) is 3.53. The number of nitrogens with zero attached hydrogens (tertiary/aromatic N) is 2. The van der Waals surface area contributed by atoms with Gasteiger partial charge in [0, 0.05) is 35.8 Å². The Morgan fingerprint density at radius 1 is 1.10 bits per heavy atom. The Morgan fingerprint density at radius 2 is 1.71 bits per heavy atom. The van der Waals surface area contributed by atoms with E-state index in [1.807, 2.05) is 0 Å². The normalized spacial score (nSPS) is 15.0. The van der Waals surface area contributed by atoms with E-state index in [2.05, 4.69) is 5.32 Å². The van der Waals surface area contributed by atoms with Gasteiger partial charge in [-0.2, -0.15) is 4.31 Å². The Morgan fingerprint density at radius 3 is 2.29 bits per heavy atom. The summed E-state index contributed by atoms with van der Waals surface area (Å²) >= 11 is 1.26. The molecule has 0 aliphatic heterocycles. The van der Waals surface area contributed by atoms with Crippen LogP contribution in [-0.2, 0) is 14.8 Å². The van der Waals surface area contributed by atoms with E-state index < -0.39 is 14.9 Å². The smallest absolute Gasteiger partial charge is 0.269 e. The fraction of sp³-hybridized carbons (Fsp3) is 0.381. The third kappa shape index (κ3) is 6.05. The summed E-state index contributed by atoms with van der Waals surface area (Å²) in [5, 5.41) is 13.4. The molecule has 10 heteroatoms. The second kappa shape index (κ2) is 10.3. The summed E-state index contributed by atoms with van der Waals surface area (Å²) in [6.45, 7) is 0. The van der Waals surface area contributed by atoms with Gasteiger partial charge < -0.3 is 5.32 Å². The standard InChI is InChI=1S/C21H25N3O5S2/c1-23(17-5-3-2-4-6-17)31(28,29)20-13-7-16(8-14-20)22-21(25)15-30-19-11-9-18(10-12-19)24(26)27/h7-14,17H,2-6,15H2,1H3,(H,22,25). The number of rotatable bonds is 8. The van der Waals surface area contributed by atoms with Crippen LogP contribution in [0.1, 0.15) is 32.1 Å². The molecule has 3 rings (SSSR count). The third-order valence-corrected chi connectivity index (χ3v) is 8.26. The first kappa shape index (κ1) is 23.2.